The number of ether oxygens (including phenoxy) is 3. The molecule has 2 aromatic carbocycles. The van der Waals surface area contributed by atoms with Gasteiger partial charge in [0.25, 0.3) is 0 Å². The zero-order valence-electron chi connectivity index (χ0n) is 15.6. The van der Waals surface area contributed by atoms with Crippen molar-refractivity contribution in [1.82, 2.24) is 5.32 Å². The molecular weight excluding hydrogens is 360 g/mol. The molecule has 1 atom stereocenters. The number of hydrogen-bond acceptors (Lipinski definition) is 5. The lowest BCUT2D eigenvalue weighted by atomic mass is 9.94. The highest BCUT2D eigenvalue weighted by atomic mass is 16.7. The number of fused-ring (bicyclic) bond motifs is 1. The highest BCUT2D eigenvalue weighted by Crippen LogP contribution is 2.39. The van der Waals surface area contributed by atoms with Crippen molar-refractivity contribution in [3.63, 3.8) is 0 Å². The van der Waals surface area contributed by atoms with E-state index in [4.69, 9.17) is 14.2 Å². The van der Waals surface area contributed by atoms with Crippen LogP contribution in [-0.4, -0.2) is 25.4 Å². The topological polar surface area (TPSA) is 77.1 Å². The summed E-state index contributed by atoms with van der Waals surface area (Å²) in [5, 5.41) is 2.92. The maximum absolute atomic E-state index is 12.9. The Balaban J connectivity index is 1.81. The van der Waals surface area contributed by atoms with E-state index < -0.39 is 12.0 Å². The Morgan fingerprint density at radius 1 is 1.18 bits per heavy atom. The minimum absolute atomic E-state index is 0.150. The summed E-state index contributed by atoms with van der Waals surface area (Å²) >= 11 is 0. The fraction of sp³-hybridized carbons (Fsp3) is 0.238. The summed E-state index contributed by atoms with van der Waals surface area (Å²) < 4.78 is 16.1. The standard InChI is InChI=1S/C21H20N2O5/c1-3-26-20(24)18-13(2)23(15-7-5-4-6-8-15)21(25)22-19(18)14-9-10-16-17(11-14)28-12-27-16/h4-11,19H,3,12H2,1-2H3,(H,22,25)/t19-/m1/s1. The summed E-state index contributed by atoms with van der Waals surface area (Å²) in [6, 6.07) is 13.5. The van der Waals surface area contributed by atoms with Gasteiger partial charge in [-0.1, -0.05) is 24.3 Å². The van der Waals surface area contributed by atoms with Crippen LogP contribution in [0.3, 0.4) is 0 Å². The van der Waals surface area contributed by atoms with Gasteiger partial charge in [0.05, 0.1) is 23.9 Å². The Kier molecular flexibility index (Phi) is 4.65. The van der Waals surface area contributed by atoms with Gasteiger partial charge in [-0.15, -0.1) is 0 Å². The number of urea groups is 1. The number of nitrogens with one attached hydrogen (secondary N) is 1. The molecule has 0 saturated carbocycles. The van der Waals surface area contributed by atoms with Gasteiger partial charge in [-0.25, -0.2) is 9.59 Å². The predicted octanol–water partition coefficient (Wildman–Crippen LogP) is 3.52. The Morgan fingerprint density at radius 3 is 2.68 bits per heavy atom. The highest BCUT2D eigenvalue weighted by Gasteiger charge is 2.37. The predicted molar refractivity (Wildman–Crippen MR) is 102 cm³/mol. The van der Waals surface area contributed by atoms with Crippen molar-refractivity contribution in [2.45, 2.75) is 19.9 Å². The van der Waals surface area contributed by atoms with Crippen LogP contribution in [0.4, 0.5) is 10.5 Å². The lowest BCUT2D eigenvalue weighted by Gasteiger charge is -2.35. The molecule has 2 heterocycles. The second-order valence-corrected chi connectivity index (χ2v) is 6.39. The first-order chi connectivity index (χ1) is 13.6. The van der Waals surface area contributed by atoms with E-state index in [-0.39, 0.29) is 19.4 Å². The lowest BCUT2D eigenvalue weighted by molar-refractivity contribution is -0.139. The number of esters is 1. The van der Waals surface area contributed by atoms with Gasteiger partial charge in [0, 0.05) is 5.70 Å². The summed E-state index contributed by atoms with van der Waals surface area (Å²) in [6.07, 6.45) is 0. The van der Waals surface area contributed by atoms with Crippen molar-refractivity contribution in [1.29, 1.82) is 0 Å². The summed E-state index contributed by atoms with van der Waals surface area (Å²) in [5.41, 5.74) is 2.29. The molecular formula is C21H20N2O5. The molecule has 4 rings (SSSR count). The number of carbonyl (C=O) groups excluding carboxylic acids is 2. The van der Waals surface area contributed by atoms with Gasteiger partial charge in [-0.05, 0) is 43.7 Å². The van der Waals surface area contributed by atoms with Crippen LogP contribution < -0.4 is 19.7 Å². The average molecular weight is 380 g/mol. The van der Waals surface area contributed by atoms with Crippen LogP contribution in [-0.2, 0) is 9.53 Å². The number of anilines is 1. The molecule has 0 aromatic heterocycles. The number of hydrogen-bond donors (Lipinski definition) is 1. The number of carbonyl (C=O) groups is 2. The van der Waals surface area contributed by atoms with Crippen molar-refractivity contribution in [2.75, 3.05) is 18.3 Å². The van der Waals surface area contributed by atoms with Gasteiger partial charge in [-0.2, -0.15) is 0 Å². The zero-order valence-corrected chi connectivity index (χ0v) is 15.6. The molecule has 28 heavy (non-hydrogen) atoms. The molecule has 0 spiro atoms. The minimum Gasteiger partial charge on any atom is -0.463 e. The largest absolute Gasteiger partial charge is 0.463 e. The zero-order chi connectivity index (χ0) is 19.7. The van der Waals surface area contributed by atoms with E-state index >= 15 is 0 Å². The van der Waals surface area contributed by atoms with Crippen molar-refractivity contribution < 1.29 is 23.8 Å². The second-order valence-electron chi connectivity index (χ2n) is 6.39. The first kappa shape index (κ1) is 17.9. The van der Waals surface area contributed by atoms with Crippen LogP contribution in [0.2, 0.25) is 0 Å². The molecule has 7 heteroatoms. The number of rotatable bonds is 4. The monoisotopic (exact) mass is 380 g/mol. The van der Waals surface area contributed by atoms with Crippen LogP contribution in [0.1, 0.15) is 25.5 Å². The van der Waals surface area contributed by atoms with Crippen LogP contribution in [0.15, 0.2) is 59.8 Å². The van der Waals surface area contributed by atoms with Crippen molar-refractivity contribution in [3.05, 3.63) is 65.4 Å². The molecule has 0 fully saturated rings. The third-order valence-electron chi connectivity index (χ3n) is 4.72. The van der Waals surface area contributed by atoms with E-state index in [1.165, 1.54) is 4.90 Å². The van der Waals surface area contributed by atoms with Gasteiger partial charge < -0.3 is 19.5 Å². The van der Waals surface area contributed by atoms with Crippen LogP contribution in [0.5, 0.6) is 11.5 Å². The number of nitrogens with zero attached hydrogens (tertiary/aromatic N) is 1. The first-order valence-corrected chi connectivity index (χ1v) is 9.03. The lowest BCUT2D eigenvalue weighted by Crippen LogP contribution is -2.48. The maximum atomic E-state index is 12.9. The molecule has 0 saturated heterocycles. The molecule has 7 nitrogen and oxygen atoms in total. The third-order valence-corrected chi connectivity index (χ3v) is 4.72. The Bertz CT molecular complexity index is 955. The number of allylic oxidation sites excluding steroid dienone is 1. The molecule has 0 unspecified atom stereocenters. The van der Waals surface area contributed by atoms with E-state index in [0.717, 1.165) is 0 Å². The maximum Gasteiger partial charge on any atom is 0.338 e. The third kappa shape index (κ3) is 3.05. The molecule has 0 bridgehead atoms. The Labute approximate surface area is 162 Å². The second kappa shape index (κ2) is 7.26. The van der Waals surface area contributed by atoms with Gasteiger partial charge in [-0.3, -0.25) is 4.90 Å². The average Bonchev–Trinajstić information content (AvgIpc) is 3.16. The first-order valence-electron chi connectivity index (χ1n) is 9.03. The molecule has 1 N–H and O–H groups in total. The molecule has 2 amide bonds. The van der Waals surface area contributed by atoms with E-state index in [9.17, 15) is 9.59 Å². The molecule has 2 aromatic rings. The van der Waals surface area contributed by atoms with E-state index in [2.05, 4.69) is 5.32 Å². The fourth-order valence-electron chi connectivity index (χ4n) is 3.45. The van der Waals surface area contributed by atoms with E-state index in [0.29, 0.717) is 34.0 Å². The Hall–Kier alpha value is -3.48. The van der Waals surface area contributed by atoms with Crippen molar-refractivity contribution in [2.24, 2.45) is 0 Å². The van der Waals surface area contributed by atoms with Crippen molar-refractivity contribution >= 4 is 17.7 Å². The minimum atomic E-state index is -0.652. The van der Waals surface area contributed by atoms with Crippen LogP contribution in [0.25, 0.3) is 0 Å². The number of para-hydroxylation sites is 1. The van der Waals surface area contributed by atoms with Crippen LogP contribution in [0, 0.1) is 0 Å². The normalized spacial score (nSPS) is 18.1. The Morgan fingerprint density at radius 2 is 1.93 bits per heavy atom. The van der Waals surface area contributed by atoms with Gasteiger partial charge in [0.2, 0.25) is 6.79 Å². The fourth-order valence-corrected chi connectivity index (χ4v) is 3.45. The van der Waals surface area contributed by atoms with Crippen LogP contribution >= 0.6 is 0 Å². The smallest absolute Gasteiger partial charge is 0.338 e. The summed E-state index contributed by atoms with van der Waals surface area (Å²) in [5.74, 6) is 0.747. The highest BCUT2D eigenvalue weighted by molar-refractivity contribution is 6.03. The van der Waals surface area contributed by atoms with Crippen molar-refractivity contribution in [3.8, 4) is 11.5 Å². The SMILES string of the molecule is CCOC(=O)C1=C(C)N(c2ccccc2)C(=O)N[C@@H]1c1ccc2c(c1)OCO2. The molecule has 0 aliphatic carbocycles. The van der Waals surface area contributed by atoms with Gasteiger partial charge >= 0.3 is 12.0 Å². The number of benzene rings is 2. The van der Waals surface area contributed by atoms with Gasteiger partial charge in [0.15, 0.2) is 11.5 Å². The van der Waals surface area contributed by atoms with Gasteiger partial charge in [0.1, 0.15) is 0 Å². The summed E-state index contributed by atoms with van der Waals surface area (Å²) in [7, 11) is 0. The summed E-state index contributed by atoms with van der Waals surface area (Å²) in [4.78, 5) is 27.2. The molecule has 2 aliphatic heterocycles. The van der Waals surface area contributed by atoms with E-state index in [1.807, 2.05) is 36.4 Å². The quantitative estimate of drug-likeness (QED) is 0.821. The molecule has 0 radical (unpaired) electrons. The van der Waals surface area contributed by atoms with E-state index in [1.54, 1.807) is 26.0 Å². The molecule has 144 valence electrons. The molecule has 2 aliphatic rings. The summed E-state index contributed by atoms with van der Waals surface area (Å²) in [6.45, 7) is 3.89. The number of amides is 2.